The summed E-state index contributed by atoms with van der Waals surface area (Å²) in [6.07, 6.45) is 14.6. The number of aliphatic carboxylic acids is 1. The summed E-state index contributed by atoms with van der Waals surface area (Å²) in [5, 5.41) is 10.2. The zero-order valence-corrected chi connectivity index (χ0v) is 12.7. The van der Waals surface area contributed by atoms with Gasteiger partial charge in [-0.3, -0.25) is 4.79 Å². The van der Waals surface area contributed by atoms with Crippen molar-refractivity contribution in [3.8, 4) is 0 Å². The Morgan fingerprint density at radius 1 is 0.950 bits per heavy atom. The summed E-state index contributed by atoms with van der Waals surface area (Å²) < 4.78 is 0. The van der Waals surface area contributed by atoms with Gasteiger partial charge in [0, 0.05) is 18.3 Å². The highest BCUT2D eigenvalue weighted by Crippen LogP contribution is 2.25. The fourth-order valence-electron chi connectivity index (χ4n) is 3.08. The van der Waals surface area contributed by atoms with Crippen molar-refractivity contribution in [2.75, 3.05) is 0 Å². The van der Waals surface area contributed by atoms with E-state index < -0.39 is 5.97 Å². The number of unbranched alkanes of at least 4 members (excludes halogenated alkanes) is 7. The second kappa shape index (κ2) is 10.9. The van der Waals surface area contributed by atoms with Crippen LogP contribution in [0.2, 0.25) is 0 Å². The molecule has 0 amide bonds. The van der Waals surface area contributed by atoms with Crippen molar-refractivity contribution in [1.29, 1.82) is 0 Å². The van der Waals surface area contributed by atoms with Crippen molar-refractivity contribution in [3.05, 3.63) is 0 Å². The van der Waals surface area contributed by atoms with Gasteiger partial charge < -0.3 is 9.90 Å². The third kappa shape index (κ3) is 8.34. The fraction of sp³-hybridized carbons (Fsp3) is 0.882. The highest BCUT2D eigenvalue weighted by Gasteiger charge is 2.20. The molecule has 3 nitrogen and oxygen atoms in total. The summed E-state index contributed by atoms with van der Waals surface area (Å²) in [6.45, 7) is 0. The van der Waals surface area contributed by atoms with Crippen LogP contribution in [0.1, 0.15) is 89.9 Å². The van der Waals surface area contributed by atoms with E-state index in [0.717, 1.165) is 44.9 Å². The molecule has 0 spiro atoms. The first-order valence-electron chi connectivity index (χ1n) is 8.42. The van der Waals surface area contributed by atoms with Crippen LogP contribution < -0.4 is 5.11 Å². The molecule has 0 bridgehead atoms. The van der Waals surface area contributed by atoms with Gasteiger partial charge in [-0.05, 0) is 32.1 Å². The molecule has 0 N–H and O–H groups in total. The minimum atomic E-state index is -0.928. The molecule has 1 fully saturated rings. The van der Waals surface area contributed by atoms with Crippen molar-refractivity contribution >= 4 is 11.8 Å². The Hall–Kier alpha value is -0.860. The molecule has 20 heavy (non-hydrogen) atoms. The summed E-state index contributed by atoms with van der Waals surface area (Å²) in [4.78, 5) is 21.9. The monoisotopic (exact) mass is 281 g/mol. The topological polar surface area (TPSA) is 57.2 Å². The second-order valence-corrected chi connectivity index (χ2v) is 6.15. The molecule has 1 aliphatic rings. The smallest absolute Gasteiger partial charge is 0.135 e. The van der Waals surface area contributed by atoms with Gasteiger partial charge in [-0.15, -0.1) is 0 Å². The summed E-state index contributed by atoms with van der Waals surface area (Å²) in [7, 11) is 0. The van der Waals surface area contributed by atoms with Gasteiger partial charge in [-0.25, -0.2) is 0 Å². The lowest BCUT2D eigenvalue weighted by Crippen LogP contribution is -2.21. The molecule has 0 aliphatic heterocycles. The molecular weight excluding hydrogens is 252 g/mol. The predicted octanol–water partition coefficient (Wildman–Crippen LogP) is 3.40. The minimum Gasteiger partial charge on any atom is -0.550 e. The van der Waals surface area contributed by atoms with E-state index in [9.17, 15) is 14.7 Å². The Morgan fingerprint density at radius 2 is 1.55 bits per heavy atom. The lowest BCUT2D eigenvalue weighted by molar-refractivity contribution is -0.305. The van der Waals surface area contributed by atoms with Crippen LogP contribution in [0.15, 0.2) is 0 Å². The summed E-state index contributed by atoms with van der Waals surface area (Å²) in [6, 6.07) is 0. The Balaban J connectivity index is 1.82. The molecular formula is C17H29O3-. The first-order valence-corrected chi connectivity index (χ1v) is 8.42. The largest absolute Gasteiger partial charge is 0.550 e. The maximum Gasteiger partial charge on any atom is 0.135 e. The van der Waals surface area contributed by atoms with Crippen LogP contribution in [0.5, 0.6) is 0 Å². The van der Waals surface area contributed by atoms with Crippen LogP contribution in [0, 0.1) is 5.92 Å². The lowest BCUT2D eigenvalue weighted by Gasteiger charge is -2.20. The number of carbonyl (C=O) groups excluding carboxylic acids is 2. The molecule has 0 aromatic carbocycles. The molecule has 1 atom stereocenters. The zero-order chi connectivity index (χ0) is 14.6. The first kappa shape index (κ1) is 17.2. The Bertz CT molecular complexity index is 286. The predicted molar refractivity (Wildman–Crippen MR) is 78.1 cm³/mol. The molecule has 0 radical (unpaired) electrons. The summed E-state index contributed by atoms with van der Waals surface area (Å²) in [5.41, 5.74) is 0. The number of carbonyl (C=O) groups is 2. The number of rotatable bonds is 11. The quantitative estimate of drug-likeness (QED) is 0.545. The van der Waals surface area contributed by atoms with Crippen LogP contribution in [0.4, 0.5) is 0 Å². The molecule has 1 saturated carbocycles. The summed E-state index contributed by atoms with van der Waals surface area (Å²) >= 11 is 0. The lowest BCUT2D eigenvalue weighted by atomic mass is 9.84. The number of ketones is 1. The molecule has 116 valence electrons. The van der Waals surface area contributed by atoms with Crippen molar-refractivity contribution in [1.82, 2.24) is 0 Å². The molecule has 0 aromatic heterocycles. The van der Waals surface area contributed by atoms with Gasteiger partial charge in [-0.2, -0.15) is 0 Å². The van der Waals surface area contributed by atoms with E-state index in [-0.39, 0.29) is 6.42 Å². The SMILES string of the molecule is O=C([O-])CCCCCCCCCC[C@@H]1CCCCC1=O. The third-order valence-corrected chi connectivity index (χ3v) is 4.36. The normalized spacial score (nSPS) is 19.2. The molecule has 1 rings (SSSR count). The van der Waals surface area contributed by atoms with Crippen LogP contribution in [-0.2, 0) is 9.59 Å². The van der Waals surface area contributed by atoms with E-state index in [0.29, 0.717) is 11.7 Å². The molecule has 0 saturated heterocycles. The van der Waals surface area contributed by atoms with Gasteiger partial charge in [0.2, 0.25) is 0 Å². The second-order valence-electron chi connectivity index (χ2n) is 6.15. The van der Waals surface area contributed by atoms with Crippen molar-refractivity contribution in [3.63, 3.8) is 0 Å². The Morgan fingerprint density at radius 3 is 2.15 bits per heavy atom. The van der Waals surface area contributed by atoms with Crippen molar-refractivity contribution < 1.29 is 14.7 Å². The van der Waals surface area contributed by atoms with E-state index in [1.165, 1.54) is 38.5 Å². The van der Waals surface area contributed by atoms with Crippen LogP contribution in [0.25, 0.3) is 0 Å². The standard InChI is InChI=1S/C17H30O3/c18-16-13-10-9-12-15(16)11-7-5-3-1-2-4-6-8-14-17(19)20/h15H,1-14H2,(H,19,20)/p-1/t15-/m1/s1. The highest BCUT2D eigenvalue weighted by molar-refractivity contribution is 5.81. The van der Waals surface area contributed by atoms with E-state index in [4.69, 9.17) is 0 Å². The van der Waals surface area contributed by atoms with Crippen LogP contribution >= 0.6 is 0 Å². The Labute approximate surface area is 123 Å². The average molecular weight is 281 g/mol. The fourth-order valence-corrected chi connectivity index (χ4v) is 3.08. The molecule has 3 heteroatoms. The van der Waals surface area contributed by atoms with Crippen LogP contribution in [-0.4, -0.2) is 11.8 Å². The zero-order valence-electron chi connectivity index (χ0n) is 12.7. The maximum atomic E-state index is 11.7. The highest BCUT2D eigenvalue weighted by atomic mass is 16.4. The Kier molecular flexibility index (Phi) is 9.35. The van der Waals surface area contributed by atoms with Gasteiger partial charge in [0.15, 0.2) is 0 Å². The maximum absolute atomic E-state index is 11.7. The summed E-state index contributed by atoms with van der Waals surface area (Å²) in [5.74, 6) is -0.0557. The molecule has 1 aliphatic carbocycles. The molecule has 0 unspecified atom stereocenters. The van der Waals surface area contributed by atoms with Gasteiger partial charge in [0.25, 0.3) is 0 Å². The number of hydrogen-bond donors (Lipinski definition) is 0. The average Bonchev–Trinajstić information content (AvgIpc) is 2.42. The van der Waals surface area contributed by atoms with Gasteiger partial charge >= 0.3 is 0 Å². The van der Waals surface area contributed by atoms with Gasteiger partial charge in [-0.1, -0.05) is 51.4 Å². The van der Waals surface area contributed by atoms with E-state index in [2.05, 4.69) is 0 Å². The van der Waals surface area contributed by atoms with Crippen LogP contribution in [0.3, 0.4) is 0 Å². The third-order valence-electron chi connectivity index (χ3n) is 4.36. The van der Waals surface area contributed by atoms with Gasteiger partial charge in [0.1, 0.15) is 5.78 Å². The minimum absolute atomic E-state index is 0.204. The van der Waals surface area contributed by atoms with E-state index in [1.54, 1.807) is 0 Å². The molecule has 0 heterocycles. The number of hydrogen-bond acceptors (Lipinski definition) is 3. The molecule has 0 aromatic rings. The number of carboxylic acid groups (broad SMARTS) is 1. The number of Topliss-reactive ketones (excluding diaryl/α,β-unsaturated/α-hetero) is 1. The first-order chi connectivity index (χ1) is 9.70. The van der Waals surface area contributed by atoms with Crippen molar-refractivity contribution in [2.45, 2.75) is 89.9 Å². The van der Waals surface area contributed by atoms with Crippen molar-refractivity contribution in [2.24, 2.45) is 5.92 Å². The van der Waals surface area contributed by atoms with Gasteiger partial charge in [0.05, 0.1) is 0 Å². The van der Waals surface area contributed by atoms with E-state index >= 15 is 0 Å². The number of carboxylic acids is 1. The van der Waals surface area contributed by atoms with E-state index in [1.807, 2.05) is 0 Å².